The Morgan fingerprint density at radius 2 is 2.14 bits per heavy atom. The van der Waals surface area contributed by atoms with E-state index in [4.69, 9.17) is 10.2 Å². The lowest BCUT2D eigenvalue weighted by Gasteiger charge is -2.11. The first-order chi connectivity index (χ1) is 13.5. The summed E-state index contributed by atoms with van der Waals surface area (Å²) in [6, 6.07) is 9.39. The summed E-state index contributed by atoms with van der Waals surface area (Å²) in [7, 11) is 0. The first-order valence-corrected chi connectivity index (χ1v) is 10.1. The fourth-order valence-corrected chi connectivity index (χ4v) is 3.81. The Bertz CT molecular complexity index is 991. The molecule has 9 heteroatoms. The van der Waals surface area contributed by atoms with E-state index in [9.17, 15) is 9.59 Å². The van der Waals surface area contributed by atoms with Gasteiger partial charge in [0.1, 0.15) is 23.7 Å². The topological polar surface area (TPSA) is 116 Å². The van der Waals surface area contributed by atoms with Gasteiger partial charge in [0, 0.05) is 11.3 Å². The average Bonchev–Trinajstić information content (AvgIpc) is 3.28. The summed E-state index contributed by atoms with van der Waals surface area (Å²) >= 11 is 1.24. The summed E-state index contributed by atoms with van der Waals surface area (Å²) in [4.78, 5) is 23.8. The number of thioether (sulfide) groups is 1. The molecule has 0 radical (unpaired) electrons. The molecule has 1 aliphatic rings. The Morgan fingerprint density at radius 1 is 1.36 bits per heavy atom. The number of furan rings is 1. The average molecular weight is 399 g/mol. The van der Waals surface area contributed by atoms with Gasteiger partial charge in [-0.1, -0.05) is 30.0 Å². The van der Waals surface area contributed by atoms with E-state index in [1.807, 2.05) is 37.3 Å². The third kappa shape index (κ3) is 4.04. The molecule has 8 nitrogen and oxygen atoms in total. The van der Waals surface area contributed by atoms with Crippen LogP contribution in [0, 0.1) is 0 Å². The van der Waals surface area contributed by atoms with E-state index in [1.54, 1.807) is 4.57 Å². The highest BCUT2D eigenvalue weighted by Crippen LogP contribution is 2.40. The van der Waals surface area contributed by atoms with Gasteiger partial charge in [0.05, 0.1) is 11.8 Å². The van der Waals surface area contributed by atoms with E-state index in [0.29, 0.717) is 16.8 Å². The highest BCUT2D eigenvalue weighted by atomic mass is 32.2. The summed E-state index contributed by atoms with van der Waals surface area (Å²) < 4.78 is 7.52. The molecule has 0 bridgehead atoms. The van der Waals surface area contributed by atoms with Gasteiger partial charge in [-0.2, -0.15) is 0 Å². The molecule has 2 heterocycles. The van der Waals surface area contributed by atoms with Crippen molar-refractivity contribution < 1.29 is 14.0 Å². The minimum atomic E-state index is -0.452. The molecule has 1 saturated carbocycles. The van der Waals surface area contributed by atoms with Crippen LogP contribution in [0.2, 0.25) is 0 Å². The monoisotopic (exact) mass is 399 g/mol. The second kappa shape index (κ2) is 7.67. The minimum absolute atomic E-state index is 0.0260. The number of hydrogen-bond donors (Lipinski definition) is 2. The number of para-hydroxylation sites is 1. The number of carbonyl (C=O) groups excluding carboxylic acids is 2. The van der Waals surface area contributed by atoms with E-state index in [0.717, 1.165) is 29.6 Å². The highest BCUT2D eigenvalue weighted by Gasteiger charge is 2.31. The number of aromatic nitrogens is 3. The van der Waals surface area contributed by atoms with Crippen LogP contribution in [-0.4, -0.2) is 32.3 Å². The van der Waals surface area contributed by atoms with E-state index in [-0.39, 0.29) is 24.2 Å². The Morgan fingerprint density at radius 3 is 2.86 bits per heavy atom. The molecule has 2 aromatic heterocycles. The predicted molar refractivity (Wildman–Crippen MR) is 105 cm³/mol. The Hall–Kier alpha value is -2.81. The molecule has 1 aromatic carbocycles. The normalized spacial score (nSPS) is 14.9. The van der Waals surface area contributed by atoms with Gasteiger partial charge in [0.25, 0.3) is 0 Å². The molecule has 1 fully saturated rings. The number of carbonyl (C=O) groups is 2. The van der Waals surface area contributed by atoms with Gasteiger partial charge in [-0.15, -0.1) is 10.2 Å². The molecule has 3 N–H and O–H groups in total. The molecule has 0 aliphatic heterocycles. The highest BCUT2D eigenvalue weighted by molar-refractivity contribution is 7.99. The Balaban J connectivity index is 1.38. The zero-order valence-corrected chi connectivity index (χ0v) is 16.2. The van der Waals surface area contributed by atoms with E-state index >= 15 is 0 Å². The summed E-state index contributed by atoms with van der Waals surface area (Å²) in [6.45, 7) is 1.90. The van der Waals surface area contributed by atoms with Gasteiger partial charge in [-0.3, -0.25) is 14.2 Å². The lowest BCUT2D eigenvalue weighted by Crippen LogP contribution is -2.28. The number of nitrogens with two attached hydrogens (primary N) is 1. The largest absolute Gasteiger partial charge is 0.459 e. The van der Waals surface area contributed by atoms with Crippen LogP contribution in [0.1, 0.15) is 43.3 Å². The van der Waals surface area contributed by atoms with Crippen LogP contribution in [0.25, 0.3) is 11.0 Å². The second-order valence-corrected chi connectivity index (χ2v) is 7.87. The maximum Gasteiger partial charge on any atom is 0.237 e. The molecule has 4 rings (SSSR count). The molecule has 1 atom stereocenters. The van der Waals surface area contributed by atoms with Crippen molar-refractivity contribution in [3.05, 3.63) is 41.9 Å². The zero-order chi connectivity index (χ0) is 19.7. The molecular formula is C19H21N5O3S. The predicted octanol–water partition coefficient (Wildman–Crippen LogP) is 2.36. The van der Waals surface area contributed by atoms with E-state index in [1.165, 1.54) is 11.8 Å². The van der Waals surface area contributed by atoms with Crippen molar-refractivity contribution >= 4 is 34.5 Å². The standard InChI is InChI=1S/C19H21N5O3S/c1-11(15-8-13-4-2-3-5-14(13)27-15)21-17(26)10-28-19-23-22-18(12-6-7-12)24(19)9-16(20)25/h2-5,8,11-12H,6-7,9-10H2,1H3,(H2,20,25)(H,21,26)/t11-/m0/s1. The quantitative estimate of drug-likeness (QED) is 0.562. The Kier molecular flexibility index (Phi) is 5.08. The minimum Gasteiger partial charge on any atom is -0.459 e. The van der Waals surface area contributed by atoms with Gasteiger partial charge >= 0.3 is 0 Å². The summed E-state index contributed by atoms with van der Waals surface area (Å²) in [5.41, 5.74) is 6.14. The number of fused-ring (bicyclic) bond motifs is 1. The third-order valence-electron chi connectivity index (χ3n) is 4.58. The molecule has 0 saturated heterocycles. The van der Waals surface area contributed by atoms with Crippen molar-refractivity contribution in [3.8, 4) is 0 Å². The van der Waals surface area contributed by atoms with Crippen LogP contribution in [0.4, 0.5) is 0 Å². The van der Waals surface area contributed by atoms with Gasteiger partial charge in [-0.25, -0.2) is 0 Å². The van der Waals surface area contributed by atoms with Crippen LogP contribution in [-0.2, 0) is 16.1 Å². The number of nitrogens with zero attached hydrogens (tertiary/aromatic N) is 3. The number of primary amides is 1. The number of benzene rings is 1. The summed E-state index contributed by atoms with van der Waals surface area (Å²) in [5, 5.41) is 12.8. The molecular weight excluding hydrogens is 378 g/mol. The van der Waals surface area contributed by atoms with Crippen molar-refractivity contribution in [2.24, 2.45) is 5.73 Å². The number of amides is 2. The lowest BCUT2D eigenvalue weighted by molar-refractivity contribution is -0.119. The van der Waals surface area contributed by atoms with Crippen molar-refractivity contribution in [1.82, 2.24) is 20.1 Å². The van der Waals surface area contributed by atoms with Crippen LogP contribution < -0.4 is 11.1 Å². The van der Waals surface area contributed by atoms with Crippen molar-refractivity contribution in [3.63, 3.8) is 0 Å². The molecule has 1 aliphatic carbocycles. The molecule has 28 heavy (non-hydrogen) atoms. The third-order valence-corrected chi connectivity index (χ3v) is 5.55. The smallest absolute Gasteiger partial charge is 0.237 e. The fourth-order valence-electron chi connectivity index (χ4n) is 3.05. The SMILES string of the molecule is C[C@H](NC(=O)CSc1nnc(C2CC2)n1CC(N)=O)c1cc2ccccc2o1. The van der Waals surface area contributed by atoms with Gasteiger partial charge < -0.3 is 15.5 Å². The fraction of sp³-hybridized carbons (Fsp3) is 0.368. The summed E-state index contributed by atoms with van der Waals surface area (Å²) in [6.07, 6.45) is 2.08. The molecule has 0 unspecified atom stereocenters. The zero-order valence-electron chi connectivity index (χ0n) is 15.4. The van der Waals surface area contributed by atoms with Crippen molar-refractivity contribution in [2.75, 3.05) is 5.75 Å². The van der Waals surface area contributed by atoms with Gasteiger partial charge in [0.2, 0.25) is 11.8 Å². The van der Waals surface area contributed by atoms with Crippen LogP contribution in [0.5, 0.6) is 0 Å². The Labute approximate surface area is 165 Å². The number of nitrogens with one attached hydrogen (secondary N) is 1. The van der Waals surface area contributed by atoms with Gasteiger partial charge in [0.15, 0.2) is 5.16 Å². The van der Waals surface area contributed by atoms with Crippen LogP contribution in [0.15, 0.2) is 39.9 Å². The van der Waals surface area contributed by atoms with Crippen molar-refractivity contribution in [2.45, 2.75) is 43.4 Å². The first-order valence-electron chi connectivity index (χ1n) is 9.13. The first kappa shape index (κ1) is 18.5. The number of rotatable bonds is 8. The lowest BCUT2D eigenvalue weighted by atomic mass is 10.2. The maximum atomic E-state index is 12.4. The van der Waals surface area contributed by atoms with E-state index < -0.39 is 5.91 Å². The molecule has 0 spiro atoms. The van der Waals surface area contributed by atoms with Gasteiger partial charge in [-0.05, 0) is 31.9 Å². The maximum absolute atomic E-state index is 12.4. The molecule has 2 amide bonds. The van der Waals surface area contributed by atoms with Crippen LogP contribution in [0.3, 0.4) is 0 Å². The molecule has 3 aromatic rings. The second-order valence-electron chi connectivity index (χ2n) is 6.93. The summed E-state index contributed by atoms with van der Waals surface area (Å²) in [5.74, 6) is 1.37. The van der Waals surface area contributed by atoms with E-state index in [2.05, 4.69) is 15.5 Å². The number of hydrogen-bond acceptors (Lipinski definition) is 6. The van der Waals surface area contributed by atoms with Crippen molar-refractivity contribution in [1.29, 1.82) is 0 Å². The van der Waals surface area contributed by atoms with Crippen LogP contribution >= 0.6 is 11.8 Å². The molecule has 146 valence electrons.